The normalized spacial score (nSPS) is 13.6. The second kappa shape index (κ2) is 7.62. The summed E-state index contributed by atoms with van der Waals surface area (Å²) in [5.41, 5.74) is -0.0374. The van der Waals surface area contributed by atoms with Crippen molar-refractivity contribution in [2.24, 2.45) is 4.36 Å². The van der Waals surface area contributed by atoms with Crippen LogP contribution in [0.5, 0.6) is 5.75 Å². The number of amides is 1. The number of halogens is 3. The van der Waals surface area contributed by atoms with Crippen LogP contribution in [0.4, 0.5) is 13.2 Å². The van der Waals surface area contributed by atoms with Crippen LogP contribution >= 0.6 is 0 Å². The van der Waals surface area contributed by atoms with E-state index in [2.05, 4.69) is 24.0 Å². The molecule has 0 N–H and O–H groups in total. The molecular formula is C17H13F3N4O4S. The molecule has 1 aromatic carbocycles. The number of methoxy groups -OCH3 is 1. The molecule has 2 heterocycles. The maximum atomic E-state index is 12.8. The zero-order chi connectivity index (χ0) is 21.2. The first kappa shape index (κ1) is 20.5. The van der Waals surface area contributed by atoms with Gasteiger partial charge >= 0.3 is 18.0 Å². The van der Waals surface area contributed by atoms with Crippen molar-refractivity contribution in [2.75, 3.05) is 13.4 Å². The van der Waals surface area contributed by atoms with Crippen molar-refractivity contribution < 1.29 is 31.4 Å². The number of hydrogen-bond acceptors (Lipinski definition) is 7. The highest BCUT2D eigenvalue weighted by Gasteiger charge is 2.38. The van der Waals surface area contributed by atoms with E-state index in [0.29, 0.717) is 10.6 Å². The summed E-state index contributed by atoms with van der Waals surface area (Å²) in [7, 11) is -1.56. The largest absolute Gasteiger partial charge is 0.497 e. The van der Waals surface area contributed by atoms with Gasteiger partial charge in [0.05, 0.1) is 16.8 Å². The molecule has 0 bridgehead atoms. The number of benzene rings is 1. The molecule has 1 unspecified atom stereocenters. The summed E-state index contributed by atoms with van der Waals surface area (Å²) >= 11 is 0. The summed E-state index contributed by atoms with van der Waals surface area (Å²) < 4.78 is 63.2. The standard InChI is InChI=1S/C17H13F3N4O4S/c1-27-11-4-6-12(7-5-11)29(2,26)24-15(25)13-8-3-10(9-21-13)14-22-16(28-23-14)17(18,19)20/h3-9H,1-2H3. The Morgan fingerprint density at radius 1 is 1.17 bits per heavy atom. The lowest BCUT2D eigenvalue weighted by Crippen LogP contribution is -2.06. The fourth-order valence-corrected chi connectivity index (χ4v) is 3.35. The summed E-state index contributed by atoms with van der Waals surface area (Å²) in [5.74, 6) is -2.11. The van der Waals surface area contributed by atoms with Crippen LogP contribution in [0.15, 0.2) is 56.4 Å². The number of alkyl halides is 3. The molecule has 152 valence electrons. The third-order valence-corrected chi connectivity index (χ3v) is 5.32. The zero-order valence-electron chi connectivity index (χ0n) is 15.0. The molecule has 0 saturated heterocycles. The Hall–Kier alpha value is -3.28. The fourth-order valence-electron chi connectivity index (χ4n) is 2.19. The average Bonchev–Trinajstić information content (AvgIpc) is 3.18. The number of pyridine rings is 1. The minimum Gasteiger partial charge on any atom is -0.497 e. The van der Waals surface area contributed by atoms with E-state index in [4.69, 9.17) is 4.74 Å². The van der Waals surface area contributed by atoms with Crippen LogP contribution in [0.25, 0.3) is 11.4 Å². The van der Waals surface area contributed by atoms with Crippen molar-refractivity contribution in [2.45, 2.75) is 11.1 Å². The Kier molecular flexibility index (Phi) is 5.38. The van der Waals surface area contributed by atoms with E-state index >= 15 is 0 Å². The number of ether oxygens (including phenoxy) is 1. The topological polar surface area (TPSA) is 108 Å². The summed E-state index contributed by atoms with van der Waals surface area (Å²) in [4.78, 5) is 19.7. The molecule has 0 aliphatic heterocycles. The molecule has 1 atom stereocenters. The van der Waals surface area contributed by atoms with Gasteiger partial charge < -0.3 is 9.26 Å². The lowest BCUT2D eigenvalue weighted by molar-refractivity contribution is -0.159. The van der Waals surface area contributed by atoms with E-state index in [1.807, 2.05) is 0 Å². The smallest absolute Gasteiger partial charge is 0.471 e. The molecule has 3 aromatic rings. The number of aromatic nitrogens is 3. The van der Waals surface area contributed by atoms with Gasteiger partial charge in [0.2, 0.25) is 5.82 Å². The molecule has 29 heavy (non-hydrogen) atoms. The van der Waals surface area contributed by atoms with E-state index < -0.39 is 27.7 Å². The van der Waals surface area contributed by atoms with E-state index in [1.54, 1.807) is 12.1 Å². The van der Waals surface area contributed by atoms with Crippen LogP contribution < -0.4 is 4.74 Å². The highest BCUT2D eigenvalue weighted by molar-refractivity contribution is 7.93. The van der Waals surface area contributed by atoms with Crippen molar-refractivity contribution >= 4 is 15.6 Å². The van der Waals surface area contributed by atoms with Gasteiger partial charge in [0, 0.05) is 22.9 Å². The third kappa shape index (κ3) is 4.59. The van der Waals surface area contributed by atoms with Crippen LogP contribution in [0.1, 0.15) is 16.4 Å². The molecule has 0 aliphatic carbocycles. The minimum absolute atomic E-state index is 0.105. The second-order valence-corrected chi connectivity index (χ2v) is 7.99. The van der Waals surface area contributed by atoms with Gasteiger partial charge in [-0.2, -0.15) is 22.5 Å². The molecule has 12 heteroatoms. The lowest BCUT2D eigenvalue weighted by Gasteiger charge is -2.05. The maximum Gasteiger partial charge on any atom is 0.471 e. The monoisotopic (exact) mass is 426 g/mol. The fraction of sp³-hybridized carbons (Fsp3) is 0.176. The Bertz CT molecular complexity index is 1150. The van der Waals surface area contributed by atoms with Crippen LogP contribution in [0.2, 0.25) is 0 Å². The molecule has 2 aromatic heterocycles. The van der Waals surface area contributed by atoms with Crippen molar-refractivity contribution in [1.29, 1.82) is 0 Å². The summed E-state index contributed by atoms with van der Waals surface area (Å²) in [6.45, 7) is 0. The van der Waals surface area contributed by atoms with E-state index in [9.17, 15) is 22.2 Å². The summed E-state index contributed by atoms with van der Waals surface area (Å²) in [5, 5.41) is 3.23. The molecule has 1 amide bonds. The number of rotatable bonds is 4. The van der Waals surface area contributed by atoms with E-state index in [0.717, 1.165) is 6.20 Å². The molecule has 0 aliphatic rings. The Morgan fingerprint density at radius 3 is 2.38 bits per heavy atom. The second-order valence-electron chi connectivity index (χ2n) is 5.73. The van der Waals surface area contributed by atoms with Gasteiger partial charge in [-0.3, -0.25) is 9.78 Å². The minimum atomic E-state index is -4.77. The first-order valence-corrected chi connectivity index (χ1v) is 9.80. The van der Waals surface area contributed by atoms with Crippen LogP contribution in [0.3, 0.4) is 0 Å². The van der Waals surface area contributed by atoms with Crippen molar-refractivity contribution in [3.63, 3.8) is 0 Å². The highest BCUT2D eigenvalue weighted by Crippen LogP contribution is 2.29. The molecule has 0 saturated carbocycles. The number of carbonyl (C=O) groups is 1. The first-order valence-electron chi connectivity index (χ1n) is 7.88. The zero-order valence-corrected chi connectivity index (χ0v) is 15.8. The number of hydrogen-bond donors (Lipinski definition) is 0. The SMILES string of the molecule is COc1ccc(S(C)(=O)=NC(=O)c2ccc(-c3noc(C(F)(F)F)n3)cn2)cc1. The summed E-state index contributed by atoms with van der Waals surface area (Å²) in [6, 6.07) is 8.74. The van der Waals surface area contributed by atoms with Crippen molar-refractivity contribution in [3.8, 4) is 17.1 Å². The Morgan fingerprint density at radius 2 is 1.86 bits per heavy atom. The molecule has 3 rings (SSSR count). The molecule has 8 nitrogen and oxygen atoms in total. The average molecular weight is 426 g/mol. The van der Waals surface area contributed by atoms with Crippen molar-refractivity contribution in [3.05, 3.63) is 54.2 Å². The number of nitrogens with zero attached hydrogens (tertiary/aromatic N) is 4. The van der Waals surface area contributed by atoms with Crippen LogP contribution in [-0.2, 0) is 15.9 Å². The van der Waals surface area contributed by atoms with Gasteiger partial charge in [0.15, 0.2) is 0 Å². The molecular weight excluding hydrogens is 413 g/mol. The molecule has 0 spiro atoms. The first-order chi connectivity index (χ1) is 13.6. The summed E-state index contributed by atoms with van der Waals surface area (Å²) in [6.07, 6.45) is -2.37. The van der Waals surface area contributed by atoms with E-state index in [1.165, 1.54) is 37.6 Å². The van der Waals surface area contributed by atoms with Crippen LogP contribution in [0, 0.1) is 0 Å². The van der Waals surface area contributed by atoms with Gasteiger partial charge in [0.1, 0.15) is 11.4 Å². The third-order valence-electron chi connectivity index (χ3n) is 3.66. The van der Waals surface area contributed by atoms with Crippen LogP contribution in [-0.4, -0.2) is 38.6 Å². The predicted molar refractivity (Wildman–Crippen MR) is 94.6 cm³/mol. The van der Waals surface area contributed by atoms with Gasteiger partial charge in [-0.15, -0.1) is 0 Å². The van der Waals surface area contributed by atoms with Gasteiger partial charge in [0.25, 0.3) is 0 Å². The van der Waals surface area contributed by atoms with Crippen molar-refractivity contribution in [1.82, 2.24) is 15.1 Å². The predicted octanol–water partition coefficient (Wildman–Crippen LogP) is 3.46. The van der Waals surface area contributed by atoms with Gasteiger partial charge in [-0.25, -0.2) is 4.21 Å². The number of carbonyl (C=O) groups excluding carboxylic acids is 1. The molecule has 0 radical (unpaired) electrons. The van der Waals surface area contributed by atoms with Gasteiger partial charge in [-0.1, -0.05) is 5.16 Å². The quantitative estimate of drug-likeness (QED) is 0.629. The Labute approximate surface area is 162 Å². The molecule has 0 fully saturated rings. The van der Waals surface area contributed by atoms with E-state index in [-0.39, 0.29) is 17.1 Å². The maximum absolute atomic E-state index is 12.8. The lowest BCUT2D eigenvalue weighted by atomic mass is 10.2. The van der Waals surface area contributed by atoms with Gasteiger partial charge in [-0.05, 0) is 36.4 Å². The Balaban J connectivity index is 1.83. The highest BCUT2D eigenvalue weighted by atomic mass is 32.2.